The molecule has 24 heavy (non-hydrogen) atoms. The first kappa shape index (κ1) is 18.7. The minimum absolute atomic E-state index is 0.0230. The Bertz CT molecular complexity index is 578. The van der Waals surface area contributed by atoms with Crippen LogP contribution in [0.5, 0.6) is 0 Å². The van der Waals surface area contributed by atoms with Gasteiger partial charge in [-0.2, -0.15) is 0 Å². The maximum absolute atomic E-state index is 12.2. The van der Waals surface area contributed by atoms with E-state index in [9.17, 15) is 14.7 Å². The van der Waals surface area contributed by atoms with E-state index in [4.69, 9.17) is 0 Å². The zero-order valence-electron chi connectivity index (χ0n) is 15.0. The molecule has 0 aliphatic heterocycles. The van der Waals surface area contributed by atoms with Gasteiger partial charge in [-0.05, 0) is 23.8 Å². The number of amides is 1. The summed E-state index contributed by atoms with van der Waals surface area (Å²) in [5.41, 5.74) is 1.14. The van der Waals surface area contributed by atoms with Gasteiger partial charge in [-0.3, -0.25) is 9.59 Å². The highest BCUT2D eigenvalue weighted by molar-refractivity contribution is 5.98. The molecule has 2 rings (SSSR count). The summed E-state index contributed by atoms with van der Waals surface area (Å²) in [6.07, 6.45) is 3.86. The Labute approximate surface area is 144 Å². The van der Waals surface area contributed by atoms with Crippen LogP contribution in [0, 0.1) is 0 Å². The second-order valence-electron chi connectivity index (χ2n) is 7.96. The van der Waals surface area contributed by atoms with Crippen molar-refractivity contribution in [3.05, 3.63) is 35.4 Å². The molecule has 4 heteroatoms. The Kier molecular flexibility index (Phi) is 5.81. The number of Topliss-reactive ketones (excluding diaryl/α,β-unsaturated/α-hetero) is 1. The summed E-state index contributed by atoms with van der Waals surface area (Å²) in [4.78, 5) is 24.1. The van der Waals surface area contributed by atoms with E-state index in [0.717, 1.165) is 25.7 Å². The molecule has 1 aliphatic rings. The molecule has 1 fully saturated rings. The van der Waals surface area contributed by atoms with Crippen LogP contribution in [0.1, 0.15) is 75.2 Å². The number of carbonyl (C=O) groups excluding carboxylic acids is 2. The van der Waals surface area contributed by atoms with Crippen molar-refractivity contribution in [3.8, 4) is 0 Å². The molecule has 0 bridgehead atoms. The van der Waals surface area contributed by atoms with Gasteiger partial charge >= 0.3 is 0 Å². The number of aliphatic hydroxyl groups is 1. The lowest BCUT2D eigenvalue weighted by molar-refractivity contribution is -0.122. The van der Waals surface area contributed by atoms with Gasteiger partial charge in [-0.25, -0.2) is 0 Å². The van der Waals surface area contributed by atoms with Gasteiger partial charge in [0, 0.05) is 24.9 Å². The van der Waals surface area contributed by atoms with Crippen LogP contribution in [0.15, 0.2) is 24.3 Å². The zero-order chi connectivity index (χ0) is 17.8. The number of hydrogen-bond acceptors (Lipinski definition) is 3. The average Bonchev–Trinajstić information content (AvgIpc) is 2.97. The van der Waals surface area contributed by atoms with Crippen LogP contribution in [-0.2, 0) is 10.2 Å². The van der Waals surface area contributed by atoms with Crippen LogP contribution in [0.2, 0.25) is 0 Å². The molecule has 1 aromatic rings. The summed E-state index contributed by atoms with van der Waals surface area (Å²) in [5.74, 6) is -0.194. The molecule has 0 atom stereocenters. The van der Waals surface area contributed by atoms with Gasteiger partial charge in [0.15, 0.2) is 5.78 Å². The van der Waals surface area contributed by atoms with Gasteiger partial charge in [0.2, 0.25) is 5.91 Å². The number of rotatable bonds is 6. The molecule has 4 nitrogen and oxygen atoms in total. The third-order valence-electron chi connectivity index (χ3n) is 4.80. The molecular weight excluding hydrogens is 302 g/mol. The van der Waals surface area contributed by atoms with E-state index in [1.165, 1.54) is 5.56 Å². The summed E-state index contributed by atoms with van der Waals surface area (Å²) >= 11 is 0. The molecule has 0 spiro atoms. The van der Waals surface area contributed by atoms with Crippen LogP contribution in [0.3, 0.4) is 0 Å². The Morgan fingerprint density at radius 1 is 1.08 bits per heavy atom. The quantitative estimate of drug-likeness (QED) is 0.786. The van der Waals surface area contributed by atoms with E-state index < -0.39 is 5.60 Å². The molecule has 2 N–H and O–H groups in total. The van der Waals surface area contributed by atoms with Gasteiger partial charge in [-0.1, -0.05) is 57.9 Å². The lowest BCUT2D eigenvalue weighted by Gasteiger charge is -2.22. The molecule has 0 heterocycles. The molecule has 1 saturated carbocycles. The molecule has 0 aromatic heterocycles. The Balaban J connectivity index is 1.79. The van der Waals surface area contributed by atoms with Crippen LogP contribution in [0.25, 0.3) is 0 Å². The first-order chi connectivity index (χ1) is 11.2. The van der Waals surface area contributed by atoms with E-state index in [2.05, 4.69) is 26.1 Å². The average molecular weight is 331 g/mol. The number of nitrogens with one attached hydrogen (secondary N) is 1. The molecule has 1 aromatic carbocycles. The lowest BCUT2D eigenvalue weighted by atomic mass is 9.86. The summed E-state index contributed by atoms with van der Waals surface area (Å²) in [5, 5.41) is 13.0. The van der Waals surface area contributed by atoms with Crippen molar-refractivity contribution in [2.75, 3.05) is 6.54 Å². The minimum Gasteiger partial charge on any atom is -0.388 e. The largest absolute Gasteiger partial charge is 0.388 e. The van der Waals surface area contributed by atoms with Crippen molar-refractivity contribution < 1.29 is 14.7 Å². The molecular formula is C20H29NO3. The predicted molar refractivity (Wildman–Crippen MR) is 95.1 cm³/mol. The summed E-state index contributed by atoms with van der Waals surface area (Å²) in [6.45, 7) is 6.69. The number of carbonyl (C=O) groups is 2. The van der Waals surface area contributed by atoms with Gasteiger partial charge < -0.3 is 10.4 Å². The van der Waals surface area contributed by atoms with Gasteiger partial charge in [0.1, 0.15) is 0 Å². The van der Waals surface area contributed by atoms with Gasteiger partial charge in [0.25, 0.3) is 0 Å². The molecule has 0 saturated heterocycles. The van der Waals surface area contributed by atoms with E-state index in [1.54, 1.807) is 0 Å². The number of ketones is 1. The Morgan fingerprint density at radius 2 is 1.67 bits per heavy atom. The minimum atomic E-state index is -0.748. The topological polar surface area (TPSA) is 66.4 Å². The van der Waals surface area contributed by atoms with Crippen LogP contribution in [-0.4, -0.2) is 28.9 Å². The third-order valence-corrected chi connectivity index (χ3v) is 4.80. The van der Waals surface area contributed by atoms with E-state index in [-0.39, 0.29) is 29.9 Å². The first-order valence-corrected chi connectivity index (χ1v) is 8.82. The fourth-order valence-corrected chi connectivity index (χ4v) is 3.09. The fraction of sp³-hybridized carbons (Fsp3) is 0.600. The van der Waals surface area contributed by atoms with Crippen molar-refractivity contribution in [2.45, 2.75) is 70.3 Å². The zero-order valence-corrected chi connectivity index (χ0v) is 15.0. The number of benzene rings is 1. The molecule has 0 radical (unpaired) electrons. The van der Waals surface area contributed by atoms with Crippen molar-refractivity contribution >= 4 is 11.7 Å². The van der Waals surface area contributed by atoms with Crippen molar-refractivity contribution in [2.24, 2.45) is 0 Å². The van der Waals surface area contributed by atoms with Crippen molar-refractivity contribution in [1.29, 1.82) is 0 Å². The van der Waals surface area contributed by atoms with Crippen molar-refractivity contribution in [1.82, 2.24) is 5.32 Å². The van der Waals surface area contributed by atoms with Gasteiger partial charge in [0.05, 0.1) is 5.60 Å². The standard InChI is InChI=1S/C20H29NO3/c1-19(2,3)16-8-6-15(7-9-16)17(22)10-11-18(23)21-14-20(24)12-4-5-13-20/h6-9,24H,4-5,10-14H2,1-3H3,(H,21,23). The summed E-state index contributed by atoms with van der Waals surface area (Å²) < 4.78 is 0. The summed E-state index contributed by atoms with van der Waals surface area (Å²) in [7, 11) is 0. The predicted octanol–water partition coefficient (Wildman–Crippen LogP) is 3.37. The van der Waals surface area contributed by atoms with Crippen molar-refractivity contribution in [3.63, 3.8) is 0 Å². The maximum atomic E-state index is 12.2. The molecule has 132 valence electrons. The van der Waals surface area contributed by atoms with E-state index in [1.807, 2.05) is 24.3 Å². The molecule has 0 unspecified atom stereocenters. The highest BCUT2D eigenvalue weighted by Crippen LogP contribution is 2.28. The third kappa shape index (κ3) is 5.17. The monoisotopic (exact) mass is 331 g/mol. The highest BCUT2D eigenvalue weighted by atomic mass is 16.3. The lowest BCUT2D eigenvalue weighted by Crippen LogP contribution is -2.40. The summed E-state index contributed by atoms with van der Waals surface area (Å²) in [6, 6.07) is 7.62. The highest BCUT2D eigenvalue weighted by Gasteiger charge is 2.31. The first-order valence-electron chi connectivity index (χ1n) is 8.82. The van der Waals surface area contributed by atoms with Crippen LogP contribution < -0.4 is 5.32 Å². The normalized spacial score (nSPS) is 16.8. The molecule has 1 amide bonds. The van der Waals surface area contributed by atoms with E-state index in [0.29, 0.717) is 12.1 Å². The SMILES string of the molecule is CC(C)(C)c1ccc(C(=O)CCC(=O)NCC2(O)CCCC2)cc1. The van der Waals surface area contributed by atoms with Crippen LogP contribution >= 0.6 is 0 Å². The molecule has 1 aliphatic carbocycles. The second-order valence-corrected chi connectivity index (χ2v) is 7.96. The Morgan fingerprint density at radius 3 is 2.21 bits per heavy atom. The maximum Gasteiger partial charge on any atom is 0.220 e. The van der Waals surface area contributed by atoms with E-state index >= 15 is 0 Å². The Hall–Kier alpha value is -1.68. The van der Waals surface area contributed by atoms with Gasteiger partial charge in [-0.15, -0.1) is 0 Å². The smallest absolute Gasteiger partial charge is 0.220 e. The second kappa shape index (κ2) is 7.47. The number of hydrogen-bond donors (Lipinski definition) is 2. The van der Waals surface area contributed by atoms with Crippen LogP contribution in [0.4, 0.5) is 0 Å². The fourth-order valence-electron chi connectivity index (χ4n) is 3.09.